The highest BCUT2D eigenvalue weighted by Gasteiger charge is 2.15. The molecular weight excluding hydrogens is 262 g/mol. The molecule has 1 heterocycles. The van der Waals surface area contributed by atoms with Gasteiger partial charge in [-0.2, -0.15) is 0 Å². The van der Waals surface area contributed by atoms with Gasteiger partial charge in [-0.1, -0.05) is 31.2 Å². The minimum Gasteiger partial charge on any atom is -0.377 e. The topological polar surface area (TPSA) is 36.9 Å². The Bertz CT molecular complexity index is 453. The molecule has 1 aliphatic heterocycles. The van der Waals surface area contributed by atoms with Crippen LogP contribution in [-0.2, 0) is 17.9 Å². The predicted octanol–water partition coefficient (Wildman–Crippen LogP) is 2.78. The van der Waals surface area contributed by atoms with Crippen molar-refractivity contribution in [2.24, 2.45) is 4.99 Å². The Morgan fingerprint density at radius 2 is 1.95 bits per heavy atom. The summed E-state index contributed by atoms with van der Waals surface area (Å²) in [5.41, 5.74) is 2.55. The van der Waals surface area contributed by atoms with Gasteiger partial charge in [0.2, 0.25) is 0 Å². The van der Waals surface area contributed by atoms with E-state index in [1.165, 1.54) is 24.0 Å². The molecule has 0 amide bonds. The molecule has 0 aromatic heterocycles. The first-order valence-corrected chi connectivity index (χ1v) is 7.95. The van der Waals surface area contributed by atoms with Gasteiger partial charge in [0.1, 0.15) is 0 Å². The lowest BCUT2D eigenvalue weighted by Crippen LogP contribution is -2.39. The highest BCUT2D eigenvalue weighted by atomic mass is 16.5. The standard InChI is InChI=1S/C17H27N3O/c1-3-12-21-14-16-9-5-4-8-15(16)13-19-17(18-2)20-10-6-7-11-20/h4-5,8-9H,3,6-7,10-14H2,1-2H3,(H,18,19). The number of likely N-dealkylation sites (tertiary alicyclic amines) is 1. The van der Waals surface area contributed by atoms with E-state index in [1.54, 1.807) is 0 Å². The second-order valence-corrected chi connectivity index (χ2v) is 5.42. The summed E-state index contributed by atoms with van der Waals surface area (Å²) < 4.78 is 5.67. The lowest BCUT2D eigenvalue weighted by molar-refractivity contribution is 0.121. The van der Waals surface area contributed by atoms with E-state index in [0.717, 1.165) is 38.6 Å². The van der Waals surface area contributed by atoms with Crippen molar-refractivity contribution >= 4 is 5.96 Å². The third-order valence-electron chi connectivity index (χ3n) is 3.78. The molecule has 1 N–H and O–H groups in total. The van der Waals surface area contributed by atoms with Gasteiger partial charge in [-0.15, -0.1) is 0 Å². The third kappa shape index (κ3) is 4.74. The molecule has 0 radical (unpaired) electrons. The Kier molecular flexibility index (Phi) is 6.54. The zero-order valence-electron chi connectivity index (χ0n) is 13.3. The molecule has 0 saturated carbocycles. The Morgan fingerprint density at radius 3 is 2.62 bits per heavy atom. The quantitative estimate of drug-likeness (QED) is 0.497. The first-order chi connectivity index (χ1) is 10.3. The second kappa shape index (κ2) is 8.67. The van der Waals surface area contributed by atoms with Gasteiger partial charge in [-0.05, 0) is 30.4 Å². The van der Waals surface area contributed by atoms with Gasteiger partial charge in [0, 0.05) is 33.3 Å². The van der Waals surface area contributed by atoms with E-state index in [1.807, 2.05) is 7.05 Å². The fourth-order valence-corrected chi connectivity index (χ4v) is 2.63. The van der Waals surface area contributed by atoms with Gasteiger partial charge in [0.15, 0.2) is 5.96 Å². The van der Waals surface area contributed by atoms with Crippen molar-refractivity contribution in [3.63, 3.8) is 0 Å². The molecule has 1 aromatic rings. The molecule has 116 valence electrons. The van der Waals surface area contributed by atoms with Crippen LogP contribution in [0.25, 0.3) is 0 Å². The molecule has 0 spiro atoms. The van der Waals surface area contributed by atoms with Gasteiger partial charge in [0.25, 0.3) is 0 Å². The highest BCUT2D eigenvalue weighted by Crippen LogP contribution is 2.12. The molecule has 0 atom stereocenters. The molecule has 1 saturated heterocycles. The summed E-state index contributed by atoms with van der Waals surface area (Å²) in [5.74, 6) is 1.01. The second-order valence-electron chi connectivity index (χ2n) is 5.42. The Morgan fingerprint density at radius 1 is 1.24 bits per heavy atom. The predicted molar refractivity (Wildman–Crippen MR) is 87.4 cm³/mol. The minimum atomic E-state index is 0.689. The number of hydrogen-bond donors (Lipinski definition) is 1. The number of benzene rings is 1. The summed E-state index contributed by atoms with van der Waals surface area (Å²) in [6.07, 6.45) is 3.59. The van der Waals surface area contributed by atoms with Crippen molar-refractivity contribution in [2.75, 3.05) is 26.7 Å². The maximum absolute atomic E-state index is 5.67. The van der Waals surface area contributed by atoms with Gasteiger partial charge < -0.3 is 15.0 Å². The Hall–Kier alpha value is -1.55. The average Bonchev–Trinajstić information content (AvgIpc) is 3.04. The van der Waals surface area contributed by atoms with E-state index in [2.05, 4.69) is 46.4 Å². The number of hydrogen-bond acceptors (Lipinski definition) is 2. The normalized spacial score (nSPS) is 15.5. The van der Waals surface area contributed by atoms with Crippen LogP contribution in [0, 0.1) is 0 Å². The third-order valence-corrected chi connectivity index (χ3v) is 3.78. The SMILES string of the molecule is CCCOCc1ccccc1CNC(=NC)N1CCCC1. The molecule has 0 aliphatic carbocycles. The summed E-state index contributed by atoms with van der Waals surface area (Å²) in [5, 5.41) is 3.48. The van der Waals surface area contributed by atoms with E-state index in [0.29, 0.717) is 6.61 Å². The monoisotopic (exact) mass is 289 g/mol. The van der Waals surface area contributed by atoms with Gasteiger partial charge in [-0.3, -0.25) is 4.99 Å². The number of rotatable bonds is 6. The summed E-state index contributed by atoms with van der Waals surface area (Å²) >= 11 is 0. The Balaban J connectivity index is 1.92. The van der Waals surface area contributed by atoms with Crippen LogP contribution in [0.5, 0.6) is 0 Å². The fourth-order valence-electron chi connectivity index (χ4n) is 2.63. The molecule has 1 aromatic carbocycles. The fraction of sp³-hybridized carbons (Fsp3) is 0.588. The van der Waals surface area contributed by atoms with Crippen molar-refractivity contribution in [2.45, 2.75) is 39.3 Å². The minimum absolute atomic E-state index is 0.689. The Labute approximate surface area is 128 Å². The van der Waals surface area contributed by atoms with Crippen LogP contribution in [0.3, 0.4) is 0 Å². The van der Waals surface area contributed by atoms with E-state index in [4.69, 9.17) is 4.74 Å². The lowest BCUT2D eigenvalue weighted by atomic mass is 10.1. The molecule has 0 unspecified atom stereocenters. The summed E-state index contributed by atoms with van der Waals surface area (Å²) in [4.78, 5) is 6.72. The lowest BCUT2D eigenvalue weighted by Gasteiger charge is -2.21. The molecule has 1 fully saturated rings. The molecular formula is C17H27N3O. The first kappa shape index (κ1) is 15.8. The number of ether oxygens (including phenoxy) is 1. The van der Waals surface area contributed by atoms with E-state index in [-0.39, 0.29) is 0 Å². The van der Waals surface area contributed by atoms with Crippen LogP contribution >= 0.6 is 0 Å². The van der Waals surface area contributed by atoms with Crippen LogP contribution in [0.1, 0.15) is 37.3 Å². The smallest absolute Gasteiger partial charge is 0.193 e. The summed E-state index contributed by atoms with van der Waals surface area (Å²) in [6.45, 7) is 6.66. The van der Waals surface area contributed by atoms with E-state index < -0.39 is 0 Å². The first-order valence-electron chi connectivity index (χ1n) is 7.95. The van der Waals surface area contributed by atoms with Crippen molar-refractivity contribution in [3.05, 3.63) is 35.4 Å². The number of aliphatic imine (C=N–C) groups is 1. The number of nitrogens with zero attached hydrogens (tertiary/aromatic N) is 2. The van der Waals surface area contributed by atoms with Crippen LogP contribution in [0.4, 0.5) is 0 Å². The number of guanidine groups is 1. The zero-order chi connectivity index (χ0) is 14.9. The molecule has 4 heteroatoms. The van der Waals surface area contributed by atoms with Crippen molar-refractivity contribution in [1.82, 2.24) is 10.2 Å². The van der Waals surface area contributed by atoms with Crippen LogP contribution in [0.2, 0.25) is 0 Å². The average molecular weight is 289 g/mol. The van der Waals surface area contributed by atoms with Crippen molar-refractivity contribution < 1.29 is 4.74 Å². The van der Waals surface area contributed by atoms with Gasteiger partial charge in [-0.25, -0.2) is 0 Å². The largest absolute Gasteiger partial charge is 0.377 e. The van der Waals surface area contributed by atoms with Gasteiger partial charge >= 0.3 is 0 Å². The summed E-state index contributed by atoms with van der Waals surface area (Å²) in [7, 11) is 1.86. The molecule has 0 bridgehead atoms. The van der Waals surface area contributed by atoms with Crippen molar-refractivity contribution in [3.8, 4) is 0 Å². The van der Waals surface area contributed by atoms with Crippen LogP contribution in [0.15, 0.2) is 29.3 Å². The summed E-state index contributed by atoms with van der Waals surface area (Å²) in [6, 6.07) is 8.46. The van der Waals surface area contributed by atoms with E-state index >= 15 is 0 Å². The maximum atomic E-state index is 5.67. The van der Waals surface area contributed by atoms with Crippen molar-refractivity contribution in [1.29, 1.82) is 0 Å². The number of nitrogens with one attached hydrogen (secondary N) is 1. The molecule has 1 aliphatic rings. The molecule has 21 heavy (non-hydrogen) atoms. The molecule has 4 nitrogen and oxygen atoms in total. The van der Waals surface area contributed by atoms with E-state index in [9.17, 15) is 0 Å². The van der Waals surface area contributed by atoms with Gasteiger partial charge in [0.05, 0.1) is 6.61 Å². The zero-order valence-corrected chi connectivity index (χ0v) is 13.3. The van der Waals surface area contributed by atoms with Crippen LogP contribution < -0.4 is 5.32 Å². The maximum Gasteiger partial charge on any atom is 0.193 e. The van der Waals surface area contributed by atoms with Crippen LogP contribution in [-0.4, -0.2) is 37.6 Å². The highest BCUT2D eigenvalue weighted by molar-refractivity contribution is 5.80. The molecule has 2 rings (SSSR count).